The maximum atomic E-state index is 12.1. The number of rotatable bonds is 3. The van der Waals surface area contributed by atoms with Crippen molar-refractivity contribution in [1.82, 2.24) is 4.90 Å². The second-order valence-electron chi connectivity index (χ2n) is 4.52. The summed E-state index contributed by atoms with van der Waals surface area (Å²) in [5, 5.41) is 18.0. The molecule has 1 aromatic carbocycles. The maximum absolute atomic E-state index is 12.1. The van der Waals surface area contributed by atoms with Gasteiger partial charge < -0.3 is 14.9 Å². The minimum atomic E-state index is -1.13. The number of nitrogens with zero attached hydrogens (tertiary/aromatic N) is 3. The molecule has 1 amide bonds. The van der Waals surface area contributed by atoms with Gasteiger partial charge in [0, 0.05) is 30.9 Å². The molecule has 6 heteroatoms. The summed E-state index contributed by atoms with van der Waals surface area (Å²) in [6.07, 6.45) is 0. The number of carbonyl (C=O) groups is 2. The van der Waals surface area contributed by atoms with Crippen LogP contribution in [-0.2, 0) is 4.79 Å². The van der Waals surface area contributed by atoms with E-state index in [9.17, 15) is 14.9 Å². The van der Waals surface area contributed by atoms with Crippen LogP contribution in [0.4, 0.5) is 5.69 Å². The summed E-state index contributed by atoms with van der Waals surface area (Å²) in [5.41, 5.74) is 1.84. The van der Waals surface area contributed by atoms with Crippen LogP contribution in [0.1, 0.15) is 22.0 Å². The number of benzene rings is 1. The number of anilines is 1. The molecule has 0 aromatic heterocycles. The fourth-order valence-corrected chi connectivity index (χ4v) is 2.14. The highest BCUT2D eigenvalue weighted by atomic mass is 16.4. The monoisotopic (exact) mass is 259 g/mol. The minimum Gasteiger partial charge on any atom is -0.480 e. The van der Waals surface area contributed by atoms with Crippen LogP contribution < -0.4 is 4.90 Å². The molecule has 0 fully saturated rings. The lowest BCUT2D eigenvalue weighted by Gasteiger charge is -2.17. The molecule has 1 atom stereocenters. The number of hydrogen-bond acceptors (Lipinski definition) is 4. The average molecular weight is 259 g/mol. The van der Waals surface area contributed by atoms with Gasteiger partial charge in [0.1, 0.15) is 12.6 Å². The van der Waals surface area contributed by atoms with Gasteiger partial charge in [-0.3, -0.25) is 9.59 Å². The zero-order valence-electron chi connectivity index (χ0n) is 10.6. The highest BCUT2D eigenvalue weighted by Gasteiger charge is 2.38. The molecule has 6 nitrogen and oxygen atoms in total. The van der Waals surface area contributed by atoms with Crippen molar-refractivity contribution in [3.63, 3.8) is 0 Å². The predicted octanol–water partition coefficient (Wildman–Crippen LogP) is 0.858. The molecule has 0 aliphatic carbocycles. The Bertz CT molecular complexity index is 589. The quantitative estimate of drug-likeness (QED) is 0.870. The van der Waals surface area contributed by atoms with E-state index in [2.05, 4.69) is 0 Å². The van der Waals surface area contributed by atoms with Crippen molar-refractivity contribution < 1.29 is 14.7 Å². The normalized spacial score (nSPS) is 17.0. The first-order valence-corrected chi connectivity index (χ1v) is 5.69. The van der Waals surface area contributed by atoms with Crippen LogP contribution in [0.2, 0.25) is 0 Å². The van der Waals surface area contributed by atoms with Crippen LogP contribution in [0, 0.1) is 11.3 Å². The number of carboxylic acids is 1. The van der Waals surface area contributed by atoms with Crippen molar-refractivity contribution in [2.24, 2.45) is 0 Å². The van der Waals surface area contributed by atoms with Crippen LogP contribution in [0.5, 0.6) is 0 Å². The molecule has 98 valence electrons. The zero-order chi connectivity index (χ0) is 14.2. The van der Waals surface area contributed by atoms with Gasteiger partial charge in [0.25, 0.3) is 5.91 Å². The minimum absolute atomic E-state index is 0.401. The summed E-state index contributed by atoms with van der Waals surface area (Å²) in [7, 11) is 3.71. The summed E-state index contributed by atoms with van der Waals surface area (Å²) in [6, 6.07) is 6.32. The molecular formula is C13H13N3O3. The zero-order valence-corrected chi connectivity index (χ0v) is 10.6. The van der Waals surface area contributed by atoms with Gasteiger partial charge in [-0.25, -0.2) is 0 Å². The Labute approximate surface area is 110 Å². The van der Waals surface area contributed by atoms with Gasteiger partial charge in [-0.05, 0) is 18.2 Å². The maximum Gasteiger partial charge on any atom is 0.323 e. The number of fused-ring (bicyclic) bond motifs is 1. The van der Waals surface area contributed by atoms with E-state index in [1.54, 1.807) is 18.2 Å². The van der Waals surface area contributed by atoms with Gasteiger partial charge >= 0.3 is 5.97 Å². The van der Waals surface area contributed by atoms with Crippen LogP contribution in [-0.4, -0.2) is 42.5 Å². The van der Waals surface area contributed by atoms with Gasteiger partial charge in [0.15, 0.2) is 0 Å². The molecule has 1 aliphatic heterocycles. The van der Waals surface area contributed by atoms with E-state index >= 15 is 0 Å². The molecule has 0 saturated carbocycles. The van der Waals surface area contributed by atoms with Crippen molar-refractivity contribution in [2.45, 2.75) is 6.04 Å². The van der Waals surface area contributed by atoms with Gasteiger partial charge in [0.2, 0.25) is 0 Å². The third-order valence-electron chi connectivity index (χ3n) is 3.08. The number of carboxylic acid groups (broad SMARTS) is 1. The number of carbonyl (C=O) groups excluding carboxylic acids is 1. The standard InChI is InChI=1S/C13H13N3O3/c1-15(2)8-3-4-9-10(5-8)11(6-14)16(13(9)19)7-12(17)18/h3-5,11H,7H2,1-2H3,(H,17,18). The Balaban J connectivity index is 2.47. The van der Waals surface area contributed by atoms with Crippen LogP contribution in [0.3, 0.4) is 0 Å². The van der Waals surface area contributed by atoms with Gasteiger partial charge in [0.05, 0.1) is 6.07 Å². The molecule has 1 aromatic rings. The third-order valence-corrected chi connectivity index (χ3v) is 3.08. The first-order chi connectivity index (χ1) is 8.95. The Morgan fingerprint density at radius 3 is 2.74 bits per heavy atom. The topological polar surface area (TPSA) is 84.6 Å². The molecule has 0 radical (unpaired) electrons. The summed E-state index contributed by atoms with van der Waals surface area (Å²) in [5.74, 6) is -1.54. The lowest BCUT2D eigenvalue weighted by molar-refractivity contribution is -0.137. The summed E-state index contributed by atoms with van der Waals surface area (Å²) >= 11 is 0. The van der Waals surface area contributed by atoms with Gasteiger partial charge in [-0.1, -0.05) is 0 Å². The SMILES string of the molecule is CN(C)c1ccc2c(c1)C(C#N)N(CC(=O)O)C2=O. The fraction of sp³-hybridized carbons (Fsp3) is 0.308. The van der Waals surface area contributed by atoms with E-state index in [4.69, 9.17) is 5.11 Å². The molecule has 1 aliphatic rings. The van der Waals surface area contributed by atoms with Crippen molar-refractivity contribution in [3.8, 4) is 6.07 Å². The Morgan fingerprint density at radius 1 is 1.53 bits per heavy atom. The second-order valence-corrected chi connectivity index (χ2v) is 4.52. The number of aliphatic carboxylic acids is 1. The first-order valence-electron chi connectivity index (χ1n) is 5.69. The molecule has 0 bridgehead atoms. The molecule has 0 saturated heterocycles. The molecule has 2 rings (SSSR count). The highest BCUT2D eigenvalue weighted by molar-refractivity contribution is 6.01. The molecule has 1 unspecified atom stereocenters. The Kier molecular flexibility index (Phi) is 3.13. The van der Waals surface area contributed by atoms with Crippen LogP contribution in [0.15, 0.2) is 18.2 Å². The summed E-state index contributed by atoms with van der Waals surface area (Å²) in [4.78, 5) is 25.8. The number of amides is 1. The second kappa shape index (κ2) is 4.61. The van der Waals surface area contributed by atoms with Crippen molar-refractivity contribution in [3.05, 3.63) is 29.3 Å². The Hall–Kier alpha value is -2.55. The van der Waals surface area contributed by atoms with E-state index in [0.717, 1.165) is 10.6 Å². The van der Waals surface area contributed by atoms with Crippen LogP contribution in [0.25, 0.3) is 0 Å². The summed E-state index contributed by atoms with van der Waals surface area (Å²) in [6.45, 7) is -0.469. The van der Waals surface area contributed by atoms with E-state index in [-0.39, 0.29) is 0 Å². The van der Waals surface area contributed by atoms with E-state index in [1.165, 1.54) is 0 Å². The largest absolute Gasteiger partial charge is 0.480 e. The molecular weight excluding hydrogens is 246 g/mol. The molecule has 19 heavy (non-hydrogen) atoms. The predicted molar refractivity (Wildman–Crippen MR) is 67.8 cm³/mol. The molecule has 1 N–H and O–H groups in total. The fourth-order valence-electron chi connectivity index (χ4n) is 2.14. The van der Waals surface area contributed by atoms with E-state index < -0.39 is 24.5 Å². The van der Waals surface area contributed by atoms with E-state index in [0.29, 0.717) is 11.1 Å². The lowest BCUT2D eigenvalue weighted by atomic mass is 10.0. The Morgan fingerprint density at radius 2 is 2.21 bits per heavy atom. The highest BCUT2D eigenvalue weighted by Crippen LogP contribution is 2.35. The van der Waals surface area contributed by atoms with Crippen molar-refractivity contribution >= 4 is 17.6 Å². The van der Waals surface area contributed by atoms with Gasteiger partial charge in [-0.15, -0.1) is 0 Å². The first kappa shape index (κ1) is 12.9. The smallest absolute Gasteiger partial charge is 0.323 e. The summed E-state index contributed by atoms with van der Waals surface area (Å²) < 4.78 is 0. The third kappa shape index (κ3) is 2.10. The number of nitriles is 1. The van der Waals surface area contributed by atoms with E-state index in [1.807, 2.05) is 25.1 Å². The number of hydrogen-bond donors (Lipinski definition) is 1. The average Bonchev–Trinajstić information content (AvgIpc) is 2.61. The van der Waals surface area contributed by atoms with Crippen molar-refractivity contribution in [1.29, 1.82) is 5.26 Å². The molecule has 0 spiro atoms. The van der Waals surface area contributed by atoms with Crippen molar-refractivity contribution in [2.75, 3.05) is 25.5 Å². The van der Waals surface area contributed by atoms with Gasteiger partial charge in [-0.2, -0.15) is 5.26 Å². The van der Waals surface area contributed by atoms with Crippen LogP contribution >= 0.6 is 0 Å². The lowest BCUT2D eigenvalue weighted by Crippen LogP contribution is -2.32. The molecule has 1 heterocycles.